The van der Waals surface area contributed by atoms with Gasteiger partial charge in [-0.15, -0.1) is 0 Å². The molecule has 5 rings (SSSR count). The third-order valence-corrected chi connectivity index (χ3v) is 14.5. The maximum Gasteiger partial charge on any atom is 0.0465 e. The highest BCUT2D eigenvalue weighted by atomic mass is 15.1. The smallest absolute Gasteiger partial charge is 0.0465 e. The largest absolute Gasteiger partial charge is 0.310 e. The van der Waals surface area contributed by atoms with Crippen molar-refractivity contribution in [3.8, 4) is 11.1 Å². The third-order valence-electron chi connectivity index (χ3n) is 14.5. The Hall–Kier alpha value is -3.32. The van der Waals surface area contributed by atoms with Gasteiger partial charge in [0.05, 0.1) is 0 Å². The molecule has 340 valence electrons. The fourth-order valence-electron chi connectivity index (χ4n) is 10.8. The topological polar surface area (TPSA) is 3.24 Å². The van der Waals surface area contributed by atoms with E-state index in [1.807, 2.05) is 0 Å². The summed E-state index contributed by atoms with van der Waals surface area (Å²) in [7, 11) is 0. The Morgan fingerprint density at radius 3 is 1.00 bits per heavy atom. The summed E-state index contributed by atoms with van der Waals surface area (Å²) in [5, 5.41) is 0. The number of unbranched alkanes of at least 4 members (excludes halogenated alkanes) is 30. The van der Waals surface area contributed by atoms with Gasteiger partial charge in [0, 0.05) is 22.5 Å². The summed E-state index contributed by atoms with van der Waals surface area (Å²) in [6, 6.07) is 39.0. The van der Waals surface area contributed by atoms with Gasteiger partial charge in [-0.3, -0.25) is 0 Å². The van der Waals surface area contributed by atoms with E-state index in [0.717, 1.165) is 0 Å². The molecule has 0 amide bonds. The van der Waals surface area contributed by atoms with Crippen LogP contribution in [0.1, 0.15) is 243 Å². The first-order chi connectivity index (χ1) is 30.8. The second-order valence-electron chi connectivity index (χ2n) is 19.5. The van der Waals surface area contributed by atoms with E-state index in [4.69, 9.17) is 0 Å². The van der Waals surface area contributed by atoms with E-state index in [0.29, 0.717) is 0 Å². The van der Waals surface area contributed by atoms with Crippen LogP contribution in [0, 0.1) is 0 Å². The average Bonchev–Trinajstić information content (AvgIpc) is 3.58. The van der Waals surface area contributed by atoms with Crippen LogP contribution in [-0.2, 0) is 5.41 Å². The van der Waals surface area contributed by atoms with Crippen LogP contribution in [0.3, 0.4) is 0 Å². The Morgan fingerprint density at radius 2 is 0.613 bits per heavy atom. The van der Waals surface area contributed by atoms with E-state index in [-0.39, 0.29) is 5.41 Å². The van der Waals surface area contributed by atoms with Crippen LogP contribution in [0.4, 0.5) is 17.1 Å². The van der Waals surface area contributed by atoms with Crippen LogP contribution in [0.2, 0.25) is 0 Å². The zero-order chi connectivity index (χ0) is 43.2. The van der Waals surface area contributed by atoms with Crippen LogP contribution in [0.15, 0.2) is 103 Å². The number of rotatable bonds is 37. The summed E-state index contributed by atoms with van der Waals surface area (Å²) in [6.07, 6.45) is 47.9. The van der Waals surface area contributed by atoms with Gasteiger partial charge in [0.15, 0.2) is 0 Å². The molecule has 1 aliphatic rings. The fourth-order valence-corrected chi connectivity index (χ4v) is 10.8. The normalized spacial score (nSPS) is 12.7. The number of para-hydroxylation sites is 2. The highest BCUT2D eigenvalue weighted by molar-refractivity contribution is 5.85. The molecule has 1 heteroatoms. The zero-order valence-corrected chi connectivity index (χ0v) is 40.3. The number of hydrogen-bond acceptors (Lipinski definition) is 1. The van der Waals surface area contributed by atoms with Gasteiger partial charge in [-0.2, -0.15) is 0 Å². The molecule has 1 nitrogen and oxygen atoms in total. The first-order valence-corrected chi connectivity index (χ1v) is 26.9. The van der Waals surface area contributed by atoms with Gasteiger partial charge in [-0.05, 0) is 71.5 Å². The summed E-state index contributed by atoms with van der Waals surface area (Å²) >= 11 is 0. The third kappa shape index (κ3) is 16.7. The molecule has 0 spiro atoms. The van der Waals surface area contributed by atoms with Crippen LogP contribution < -0.4 is 4.90 Å². The predicted molar refractivity (Wildman–Crippen MR) is 276 cm³/mol. The number of anilines is 3. The molecule has 0 heterocycles. The standard InChI is InChI=1S/C61H91N/c1-3-5-7-9-11-13-15-17-19-21-23-25-27-29-31-41-51-61(52-42-32-30-28-26-24-22-20-18-16-14-12-10-8-6-4-2)59-48-40-39-47-57(59)58-50-49-56(53-60(58)61)62(54-43-35-33-36-44-54)55-45-37-34-38-46-55/h33-40,43-50,53H,3-32,41-42,51-52H2,1-2H3. The summed E-state index contributed by atoms with van der Waals surface area (Å²) < 4.78 is 0. The molecule has 0 saturated carbocycles. The van der Waals surface area contributed by atoms with Gasteiger partial charge in [0.1, 0.15) is 0 Å². The molecule has 0 atom stereocenters. The minimum atomic E-state index is 0.0764. The number of nitrogens with zero attached hydrogens (tertiary/aromatic N) is 1. The molecule has 0 fully saturated rings. The Bertz CT molecular complexity index is 1610. The lowest BCUT2D eigenvalue weighted by Crippen LogP contribution is -2.26. The molecule has 0 bridgehead atoms. The van der Waals surface area contributed by atoms with Crippen molar-refractivity contribution in [3.63, 3.8) is 0 Å². The molecule has 1 aliphatic carbocycles. The Labute approximate surface area is 383 Å². The van der Waals surface area contributed by atoms with E-state index in [9.17, 15) is 0 Å². The van der Waals surface area contributed by atoms with Crippen molar-refractivity contribution in [3.05, 3.63) is 114 Å². The van der Waals surface area contributed by atoms with Crippen molar-refractivity contribution < 1.29 is 0 Å². The molecule has 4 aromatic carbocycles. The van der Waals surface area contributed by atoms with Crippen molar-refractivity contribution in [2.75, 3.05) is 4.90 Å². The molecule has 0 radical (unpaired) electrons. The Balaban J connectivity index is 1.17. The van der Waals surface area contributed by atoms with Gasteiger partial charge < -0.3 is 4.90 Å². The van der Waals surface area contributed by atoms with E-state index < -0.39 is 0 Å². The van der Waals surface area contributed by atoms with Crippen molar-refractivity contribution >= 4 is 17.1 Å². The van der Waals surface area contributed by atoms with Crippen LogP contribution in [-0.4, -0.2) is 0 Å². The minimum absolute atomic E-state index is 0.0764. The van der Waals surface area contributed by atoms with E-state index in [1.54, 1.807) is 11.1 Å². The first kappa shape index (κ1) is 49.7. The summed E-state index contributed by atoms with van der Waals surface area (Å²) in [4.78, 5) is 2.47. The lowest BCUT2D eigenvalue weighted by atomic mass is 9.70. The minimum Gasteiger partial charge on any atom is -0.310 e. The second-order valence-corrected chi connectivity index (χ2v) is 19.5. The molecular formula is C61H91N. The highest BCUT2D eigenvalue weighted by Gasteiger charge is 2.42. The highest BCUT2D eigenvalue weighted by Crippen LogP contribution is 2.55. The molecule has 0 aromatic heterocycles. The van der Waals surface area contributed by atoms with Gasteiger partial charge >= 0.3 is 0 Å². The SMILES string of the molecule is CCCCCCCCCCCCCCCCCCC1(CCCCCCCCCCCCCCCCCC)c2ccccc2-c2ccc(N(c3ccccc3)c3ccccc3)cc21. The lowest BCUT2D eigenvalue weighted by Gasteiger charge is -2.34. The monoisotopic (exact) mass is 838 g/mol. The van der Waals surface area contributed by atoms with Crippen molar-refractivity contribution in [2.45, 2.75) is 238 Å². The first-order valence-electron chi connectivity index (χ1n) is 26.9. The molecule has 62 heavy (non-hydrogen) atoms. The van der Waals surface area contributed by atoms with E-state index >= 15 is 0 Å². The molecule has 4 aromatic rings. The summed E-state index contributed by atoms with van der Waals surface area (Å²) in [6.45, 7) is 4.63. The fraction of sp³-hybridized carbons (Fsp3) is 0.607. The number of hydrogen-bond donors (Lipinski definition) is 0. The molecule has 0 N–H and O–H groups in total. The maximum atomic E-state index is 2.61. The average molecular weight is 838 g/mol. The second kappa shape index (κ2) is 30.7. The van der Waals surface area contributed by atoms with Crippen molar-refractivity contribution in [1.29, 1.82) is 0 Å². The maximum absolute atomic E-state index is 2.61. The zero-order valence-electron chi connectivity index (χ0n) is 40.3. The molecular weight excluding hydrogens is 747 g/mol. The number of benzene rings is 4. The van der Waals surface area contributed by atoms with Crippen LogP contribution in [0.5, 0.6) is 0 Å². The molecule has 0 unspecified atom stereocenters. The molecule has 0 saturated heterocycles. The van der Waals surface area contributed by atoms with E-state index in [1.165, 1.54) is 246 Å². The van der Waals surface area contributed by atoms with Gasteiger partial charge in [-0.1, -0.05) is 286 Å². The number of fused-ring (bicyclic) bond motifs is 3. The van der Waals surface area contributed by atoms with E-state index in [2.05, 4.69) is 122 Å². The van der Waals surface area contributed by atoms with Crippen molar-refractivity contribution in [1.82, 2.24) is 0 Å². The summed E-state index contributed by atoms with van der Waals surface area (Å²) in [5.41, 5.74) is 9.91. The van der Waals surface area contributed by atoms with Gasteiger partial charge in [0.2, 0.25) is 0 Å². The predicted octanol–water partition coefficient (Wildman–Crippen LogP) is 20.7. The molecule has 0 aliphatic heterocycles. The van der Waals surface area contributed by atoms with Gasteiger partial charge in [-0.25, -0.2) is 0 Å². The van der Waals surface area contributed by atoms with Crippen LogP contribution >= 0.6 is 0 Å². The lowest BCUT2D eigenvalue weighted by molar-refractivity contribution is 0.397. The summed E-state index contributed by atoms with van der Waals surface area (Å²) in [5.74, 6) is 0. The van der Waals surface area contributed by atoms with Crippen molar-refractivity contribution in [2.24, 2.45) is 0 Å². The Morgan fingerprint density at radius 1 is 0.290 bits per heavy atom. The van der Waals surface area contributed by atoms with Gasteiger partial charge in [0.25, 0.3) is 0 Å². The Kier molecular flexibility index (Phi) is 24.6. The van der Waals surface area contributed by atoms with Crippen LogP contribution in [0.25, 0.3) is 11.1 Å². The quantitative estimate of drug-likeness (QED) is 0.0409.